The smallest absolute Gasteiger partial charge is 0.242 e. The van der Waals surface area contributed by atoms with E-state index < -0.39 is 16.1 Å². The van der Waals surface area contributed by atoms with Crippen molar-refractivity contribution in [3.8, 4) is 0 Å². The molecule has 1 fully saturated rings. The van der Waals surface area contributed by atoms with Gasteiger partial charge in [0, 0.05) is 10.9 Å². The maximum absolute atomic E-state index is 12.2. The van der Waals surface area contributed by atoms with Gasteiger partial charge in [-0.25, -0.2) is 8.42 Å². The molecule has 0 saturated heterocycles. The quantitative estimate of drug-likeness (QED) is 0.833. The number of sulfonamides is 1. The molecule has 0 aromatic carbocycles. The van der Waals surface area contributed by atoms with Gasteiger partial charge in [-0.1, -0.05) is 0 Å². The molecule has 0 radical (unpaired) electrons. The fraction of sp³-hybridized carbons (Fsp3) is 0.545. The standard InChI is InChI=1S/C11H15BrN2O3S2/c1-6(11(15)13-8-3-4-8)14-19(16,17)9-5-10(12)18-7(9)2/h5-6,8,14H,3-4H2,1-2H3,(H,13,15). The van der Waals surface area contributed by atoms with Crippen LogP contribution in [0, 0.1) is 6.92 Å². The van der Waals surface area contributed by atoms with Crippen LogP contribution in [0.4, 0.5) is 0 Å². The van der Waals surface area contributed by atoms with Crippen LogP contribution in [0.1, 0.15) is 24.6 Å². The summed E-state index contributed by atoms with van der Waals surface area (Å²) in [5, 5.41) is 2.77. The van der Waals surface area contributed by atoms with Crippen molar-refractivity contribution in [2.45, 2.75) is 43.7 Å². The lowest BCUT2D eigenvalue weighted by Crippen LogP contribution is -2.45. The molecule has 2 rings (SSSR count). The van der Waals surface area contributed by atoms with Crippen molar-refractivity contribution in [1.29, 1.82) is 0 Å². The Kier molecular flexibility index (Phi) is 4.34. The van der Waals surface area contributed by atoms with E-state index in [0.29, 0.717) is 4.88 Å². The van der Waals surface area contributed by atoms with Crippen LogP contribution in [0.25, 0.3) is 0 Å². The Morgan fingerprint density at radius 2 is 2.16 bits per heavy atom. The number of thiophene rings is 1. The van der Waals surface area contributed by atoms with Gasteiger partial charge in [0.25, 0.3) is 0 Å². The summed E-state index contributed by atoms with van der Waals surface area (Å²) in [5.41, 5.74) is 0. The van der Waals surface area contributed by atoms with Gasteiger partial charge in [-0.15, -0.1) is 11.3 Å². The van der Waals surface area contributed by atoms with Gasteiger partial charge in [0.05, 0.1) is 14.7 Å². The molecule has 1 unspecified atom stereocenters. The number of amides is 1. The zero-order chi connectivity index (χ0) is 14.2. The van der Waals surface area contributed by atoms with Gasteiger partial charge in [0.15, 0.2) is 0 Å². The van der Waals surface area contributed by atoms with Crippen LogP contribution in [0.5, 0.6) is 0 Å². The van der Waals surface area contributed by atoms with Crippen molar-refractivity contribution < 1.29 is 13.2 Å². The first kappa shape index (κ1) is 15.0. The first-order chi connectivity index (χ1) is 8.79. The van der Waals surface area contributed by atoms with E-state index in [4.69, 9.17) is 0 Å². The highest BCUT2D eigenvalue weighted by molar-refractivity contribution is 9.11. The zero-order valence-electron chi connectivity index (χ0n) is 10.6. The molecule has 1 aromatic heterocycles. The summed E-state index contributed by atoms with van der Waals surface area (Å²) in [6, 6.07) is 0.994. The van der Waals surface area contributed by atoms with Crippen LogP contribution >= 0.6 is 27.3 Å². The van der Waals surface area contributed by atoms with Crippen molar-refractivity contribution in [3.05, 3.63) is 14.7 Å². The first-order valence-electron chi connectivity index (χ1n) is 5.88. The van der Waals surface area contributed by atoms with Crippen molar-refractivity contribution >= 4 is 43.2 Å². The first-order valence-corrected chi connectivity index (χ1v) is 8.97. The molecule has 0 bridgehead atoms. The number of halogens is 1. The molecular weight excluding hydrogens is 352 g/mol. The lowest BCUT2D eigenvalue weighted by Gasteiger charge is -2.13. The monoisotopic (exact) mass is 366 g/mol. The lowest BCUT2D eigenvalue weighted by molar-refractivity contribution is -0.122. The Labute approximate surface area is 125 Å². The fourth-order valence-electron chi connectivity index (χ4n) is 1.60. The van der Waals surface area contributed by atoms with Crippen LogP contribution in [0.2, 0.25) is 0 Å². The second-order valence-electron chi connectivity index (χ2n) is 4.60. The van der Waals surface area contributed by atoms with Gasteiger partial charge >= 0.3 is 0 Å². The molecule has 1 amide bonds. The molecule has 5 nitrogen and oxygen atoms in total. The fourth-order valence-corrected chi connectivity index (χ4v) is 5.22. The maximum atomic E-state index is 12.2. The van der Waals surface area contributed by atoms with E-state index in [1.54, 1.807) is 19.9 Å². The zero-order valence-corrected chi connectivity index (χ0v) is 13.8. The molecule has 2 N–H and O–H groups in total. The van der Waals surface area contributed by atoms with Crippen LogP contribution in [-0.4, -0.2) is 26.4 Å². The Morgan fingerprint density at radius 3 is 2.63 bits per heavy atom. The van der Waals surface area contributed by atoms with Crippen molar-refractivity contribution in [1.82, 2.24) is 10.0 Å². The Hall–Kier alpha value is -0.440. The maximum Gasteiger partial charge on any atom is 0.242 e. The van der Waals surface area contributed by atoms with Crippen LogP contribution < -0.4 is 10.0 Å². The molecule has 0 spiro atoms. The van der Waals surface area contributed by atoms with E-state index in [0.717, 1.165) is 16.6 Å². The summed E-state index contributed by atoms with van der Waals surface area (Å²) < 4.78 is 27.5. The summed E-state index contributed by atoms with van der Waals surface area (Å²) in [5.74, 6) is -0.280. The SMILES string of the molecule is Cc1sc(Br)cc1S(=O)(=O)NC(C)C(=O)NC1CC1. The third kappa shape index (κ3) is 3.77. The predicted octanol–water partition coefficient (Wildman–Crippen LogP) is 1.76. The Balaban J connectivity index is 2.07. The lowest BCUT2D eigenvalue weighted by atomic mass is 10.3. The van der Waals surface area contributed by atoms with Crippen molar-refractivity contribution in [2.75, 3.05) is 0 Å². The highest BCUT2D eigenvalue weighted by Crippen LogP contribution is 2.29. The number of rotatable bonds is 5. The molecular formula is C11H15BrN2O3S2. The van der Waals surface area contributed by atoms with Crippen LogP contribution in [0.3, 0.4) is 0 Å². The van der Waals surface area contributed by atoms with Gasteiger partial charge in [-0.05, 0) is 48.7 Å². The number of hydrogen-bond acceptors (Lipinski definition) is 4. The molecule has 0 aliphatic heterocycles. The van der Waals surface area contributed by atoms with Gasteiger partial charge in [0.1, 0.15) is 0 Å². The molecule has 1 heterocycles. The summed E-state index contributed by atoms with van der Waals surface area (Å²) >= 11 is 4.61. The molecule has 1 aromatic rings. The molecule has 1 saturated carbocycles. The number of nitrogens with one attached hydrogen (secondary N) is 2. The van der Waals surface area contributed by atoms with Gasteiger partial charge in [0.2, 0.25) is 15.9 Å². The Morgan fingerprint density at radius 1 is 1.53 bits per heavy atom. The molecule has 106 valence electrons. The number of carbonyl (C=O) groups excluding carboxylic acids is 1. The highest BCUT2D eigenvalue weighted by atomic mass is 79.9. The van der Waals surface area contributed by atoms with Crippen LogP contribution in [0.15, 0.2) is 14.7 Å². The van der Waals surface area contributed by atoms with E-state index in [1.165, 1.54) is 11.3 Å². The Bertz CT molecular complexity index is 593. The summed E-state index contributed by atoms with van der Waals surface area (Å²) in [7, 11) is -3.66. The average molecular weight is 367 g/mol. The van der Waals surface area contributed by atoms with E-state index >= 15 is 0 Å². The van der Waals surface area contributed by atoms with E-state index in [-0.39, 0.29) is 16.8 Å². The minimum atomic E-state index is -3.66. The molecule has 8 heteroatoms. The largest absolute Gasteiger partial charge is 0.352 e. The van der Waals surface area contributed by atoms with Crippen molar-refractivity contribution in [3.63, 3.8) is 0 Å². The highest BCUT2D eigenvalue weighted by Gasteiger charge is 2.29. The topological polar surface area (TPSA) is 75.3 Å². The predicted molar refractivity (Wildman–Crippen MR) is 77.7 cm³/mol. The normalized spacial score (nSPS) is 17.2. The van der Waals surface area contributed by atoms with Crippen molar-refractivity contribution in [2.24, 2.45) is 0 Å². The van der Waals surface area contributed by atoms with E-state index in [2.05, 4.69) is 26.0 Å². The molecule has 1 aliphatic rings. The van der Waals surface area contributed by atoms with E-state index in [1.807, 2.05) is 0 Å². The third-order valence-corrected chi connectivity index (χ3v) is 6.13. The second-order valence-corrected chi connectivity index (χ2v) is 8.91. The minimum absolute atomic E-state index is 0.218. The summed E-state index contributed by atoms with van der Waals surface area (Å²) in [6.45, 7) is 3.28. The third-order valence-electron chi connectivity index (χ3n) is 2.78. The summed E-state index contributed by atoms with van der Waals surface area (Å²) in [4.78, 5) is 12.7. The van der Waals surface area contributed by atoms with E-state index in [9.17, 15) is 13.2 Å². The van der Waals surface area contributed by atoms with Gasteiger partial charge < -0.3 is 5.32 Å². The number of hydrogen-bond donors (Lipinski definition) is 2. The number of carbonyl (C=O) groups is 1. The second kappa shape index (κ2) is 5.51. The van der Waals surface area contributed by atoms with Crippen LogP contribution in [-0.2, 0) is 14.8 Å². The molecule has 1 aliphatic carbocycles. The summed E-state index contributed by atoms with van der Waals surface area (Å²) in [6.07, 6.45) is 1.95. The minimum Gasteiger partial charge on any atom is -0.352 e. The average Bonchev–Trinajstić information content (AvgIpc) is 3.02. The number of aryl methyl sites for hydroxylation is 1. The van der Waals surface area contributed by atoms with Gasteiger partial charge in [-0.2, -0.15) is 4.72 Å². The van der Waals surface area contributed by atoms with Gasteiger partial charge in [-0.3, -0.25) is 4.79 Å². The molecule has 19 heavy (non-hydrogen) atoms. The molecule has 1 atom stereocenters.